The summed E-state index contributed by atoms with van der Waals surface area (Å²) in [7, 11) is 0. The van der Waals surface area contributed by atoms with Gasteiger partial charge in [0, 0.05) is 19.2 Å². The summed E-state index contributed by atoms with van der Waals surface area (Å²) in [5.41, 5.74) is 5.11. The standard InChI is InChI=1S/C14H23NO2/c1-10-6-12(3)13(7-11(10)2)8-15-14(9-17)4-5-16/h6-7,14-17H,4-5,8-9H2,1-3H3. The molecular weight excluding hydrogens is 214 g/mol. The number of aryl methyl sites for hydroxylation is 3. The van der Waals surface area contributed by atoms with Crippen LogP contribution in [0.4, 0.5) is 0 Å². The normalized spacial score (nSPS) is 12.8. The second-order valence-electron chi connectivity index (χ2n) is 4.64. The number of nitrogens with one attached hydrogen (secondary N) is 1. The summed E-state index contributed by atoms with van der Waals surface area (Å²) in [6.07, 6.45) is 0.584. The van der Waals surface area contributed by atoms with Gasteiger partial charge in [-0.15, -0.1) is 0 Å². The molecule has 1 aromatic carbocycles. The zero-order valence-corrected chi connectivity index (χ0v) is 11.0. The van der Waals surface area contributed by atoms with Gasteiger partial charge in [0.1, 0.15) is 0 Å². The molecule has 3 heteroatoms. The van der Waals surface area contributed by atoms with Crippen LogP contribution in [-0.2, 0) is 6.54 Å². The topological polar surface area (TPSA) is 52.5 Å². The van der Waals surface area contributed by atoms with E-state index < -0.39 is 0 Å². The summed E-state index contributed by atoms with van der Waals surface area (Å²) in [6, 6.07) is 4.35. The fourth-order valence-corrected chi connectivity index (χ4v) is 1.88. The van der Waals surface area contributed by atoms with Crippen molar-refractivity contribution in [3.05, 3.63) is 34.4 Å². The van der Waals surface area contributed by atoms with E-state index in [1.165, 1.54) is 22.3 Å². The highest BCUT2D eigenvalue weighted by Crippen LogP contribution is 2.15. The van der Waals surface area contributed by atoms with Crippen molar-refractivity contribution in [2.24, 2.45) is 0 Å². The average Bonchev–Trinajstić information content (AvgIpc) is 2.30. The first-order valence-electron chi connectivity index (χ1n) is 6.10. The van der Waals surface area contributed by atoms with E-state index in [4.69, 9.17) is 10.2 Å². The molecule has 1 aromatic rings. The summed E-state index contributed by atoms with van der Waals surface area (Å²) in [4.78, 5) is 0. The van der Waals surface area contributed by atoms with Gasteiger partial charge in [-0.1, -0.05) is 12.1 Å². The van der Waals surface area contributed by atoms with Gasteiger partial charge >= 0.3 is 0 Å². The van der Waals surface area contributed by atoms with Gasteiger partial charge in [-0.25, -0.2) is 0 Å². The second-order valence-corrected chi connectivity index (χ2v) is 4.64. The number of aliphatic hydroxyl groups excluding tert-OH is 2. The highest BCUT2D eigenvalue weighted by Gasteiger charge is 2.07. The zero-order valence-electron chi connectivity index (χ0n) is 11.0. The molecule has 1 rings (SSSR count). The van der Waals surface area contributed by atoms with E-state index in [9.17, 15) is 0 Å². The molecule has 0 aliphatic rings. The van der Waals surface area contributed by atoms with Gasteiger partial charge in [-0.2, -0.15) is 0 Å². The van der Waals surface area contributed by atoms with Gasteiger partial charge in [0.15, 0.2) is 0 Å². The van der Waals surface area contributed by atoms with Crippen molar-refractivity contribution in [3.63, 3.8) is 0 Å². The molecule has 0 saturated carbocycles. The molecular formula is C14H23NO2. The van der Waals surface area contributed by atoms with Crippen LogP contribution in [0.2, 0.25) is 0 Å². The Morgan fingerprint density at radius 1 is 1.06 bits per heavy atom. The van der Waals surface area contributed by atoms with Crippen LogP contribution in [-0.4, -0.2) is 29.5 Å². The van der Waals surface area contributed by atoms with Crippen LogP contribution in [0.15, 0.2) is 12.1 Å². The Hall–Kier alpha value is -0.900. The molecule has 0 fully saturated rings. The van der Waals surface area contributed by atoms with Crippen LogP contribution in [0.1, 0.15) is 28.7 Å². The third-order valence-electron chi connectivity index (χ3n) is 3.23. The Morgan fingerprint density at radius 2 is 1.71 bits per heavy atom. The van der Waals surface area contributed by atoms with Crippen LogP contribution < -0.4 is 5.32 Å². The smallest absolute Gasteiger partial charge is 0.0585 e. The van der Waals surface area contributed by atoms with Gasteiger partial charge < -0.3 is 15.5 Å². The highest BCUT2D eigenvalue weighted by atomic mass is 16.3. The maximum absolute atomic E-state index is 9.13. The van der Waals surface area contributed by atoms with E-state index in [0.717, 1.165) is 6.54 Å². The van der Waals surface area contributed by atoms with Crippen molar-refractivity contribution in [1.29, 1.82) is 0 Å². The average molecular weight is 237 g/mol. The maximum Gasteiger partial charge on any atom is 0.0585 e. The fourth-order valence-electron chi connectivity index (χ4n) is 1.88. The molecule has 96 valence electrons. The summed E-state index contributed by atoms with van der Waals surface area (Å²) in [5, 5.41) is 21.2. The van der Waals surface area contributed by atoms with E-state index in [1.54, 1.807) is 0 Å². The van der Waals surface area contributed by atoms with Gasteiger partial charge in [0.25, 0.3) is 0 Å². The molecule has 0 aromatic heterocycles. The van der Waals surface area contributed by atoms with E-state index in [1.807, 2.05) is 0 Å². The minimum atomic E-state index is -0.0268. The number of hydrogen-bond acceptors (Lipinski definition) is 3. The summed E-state index contributed by atoms with van der Waals surface area (Å²) >= 11 is 0. The third-order valence-corrected chi connectivity index (χ3v) is 3.23. The van der Waals surface area contributed by atoms with E-state index in [2.05, 4.69) is 38.2 Å². The molecule has 0 radical (unpaired) electrons. The lowest BCUT2D eigenvalue weighted by molar-refractivity contribution is 0.200. The molecule has 0 heterocycles. The highest BCUT2D eigenvalue weighted by molar-refractivity contribution is 5.36. The lowest BCUT2D eigenvalue weighted by Gasteiger charge is -2.17. The molecule has 0 bridgehead atoms. The van der Waals surface area contributed by atoms with Gasteiger partial charge in [-0.05, 0) is 49.4 Å². The maximum atomic E-state index is 9.13. The van der Waals surface area contributed by atoms with Crippen molar-refractivity contribution in [1.82, 2.24) is 5.32 Å². The Morgan fingerprint density at radius 3 is 2.29 bits per heavy atom. The van der Waals surface area contributed by atoms with Crippen molar-refractivity contribution < 1.29 is 10.2 Å². The van der Waals surface area contributed by atoms with Gasteiger partial charge in [0.2, 0.25) is 0 Å². The molecule has 0 aliphatic carbocycles. The zero-order chi connectivity index (χ0) is 12.8. The number of rotatable bonds is 6. The summed E-state index contributed by atoms with van der Waals surface area (Å²) < 4.78 is 0. The lowest BCUT2D eigenvalue weighted by atomic mass is 10.0. The largest absolute Gasteiger partial charge is 0.396 e. The number of benzene rings is 1. The molecule has 0 amide bonds. The Bertz CT molecular complexity index is 363. The number of hydrogen-bond donors (Lipinski definition) is 3. The quantitative estimate of drug-likeness (QED) is 0.702. The van der Waals surface area contributed by atoms with Gasteiger partial charge in [-0.3, -0.25) is 0 Å². The van der Waals surface area contributed by atoms with Gasteiger partial charge in [0.05, 0.1) is 6.61 Å². The van der Waals surface area contributed by atoms with E-state index in [-0.39, 0.29) is 19.3 Å². The van der Waals surface area contributed by atoms with Crippen molar-refractivity contribution in [2.45, 2.75) is 39.8 Å². The van der Waals surface area contributed by atoms with E-state index in [0.29, 0.717) is 6.42 Å². The molecule has 0 aliphatic heterocycles. The SMILES string of the molecule is Cc1cc(C)c(CNC(CO)CCO)cc1C. The van der Waals surface area contributed by atoms with Crippen molar-refractivity contribution in [2.75, 3.05) is 13.2 Å². The predicted molar refractivity (Wildman–Crippen MR) is 70.1 cm³/mol. The molecule has 0 spiro atoms. The Labute approximate surface area is 103 Å². The first-order chi connectivity index (χ1) is 8.08. The Kier molecular flexibility index (Phi) is 5.62. The molecule has 17 heavy (non-hydrogen) atoms. The van der Waals surface area contributed by atoms with Crippen LogP contribution in [0.3, 0.4) is 0 Å². The van der Waals surface area contributed by atoms with Crippen LogP contribution in [0, 0.1) is 20.8 Å². The molecule has 1 atom stereocenters. The van der Waals surface area contributed by atoms with Crippen LogP contribution in [0.25, 0.3) is 0 Å². The monoisotopic (exact) mass is 237 g/mol. The second kappa shape index (κ2) is 6.74. The number of aliphatic hydroxyl groups is 2. The van der Waals surface area contributed by atoms with Crippen LogP contribution in [0.5, 0.6) is 0 Å². The molecule has 1 unspecified atom stereocenters. The molecule has 0 saturated heterocycles. The molecule has 3 nitrogen and oxygen atoms in total. The lowest BCUT2D eigenvalue weighted by Crippen LogP contribution is -2.33. The molecule has 3 N–H and O–H groups in total. The third kappa shape index (κ3) is 4.11. The van der Waals surface area contributed by atoms with Crippen molar-refractivity contribution in [3.8, 4) is 0 Å². The fraction of sp³-hybridized carbons (Fsp3) is 0.571. The first-order valence-corrected chi connectivity index (χ1v) is 6.10. The minimum absolute atomic E-state index is 0.0268. The van der Waals surface area contributed by atoms with Crippen LogP contribution >= 0.6 is 0 Å². The predicted octanol–water partition coefficient (Wildman–Crippen LogP) is 1.44. The first kappa shape index (κ1) is 14.2. The van der Waals surface area contributed by atoms with Crippen molar-refractivity contribution >= 4 is 0 Å². The minimum Gasteiger partial charge on any atom is -0.396 e. The Balaban J connectivity index is 2.65. The summed E-state index contributed by atoms with van der Waals surface area (Å²) in [6.45, 7) is 7.22. The summed E-state index contributed by atoms with van der Waals surface area (Å²) in [5.74, 6) is 0. The van der Waals surface area contributed by atoms with E-state index >= 15 is 0 Å².